The number of urea groups is 1. The number of carbonyl (C=O) groups is 1. The number of carbonyl (C=O) groups excluding carboxylic acids is 1. The Bertz CT molecular complexity index is 1900. The summed E-state index contributed by atoms with van der Waals surface area (Å²) in [5.41, 5.74) is 4.31. The Kier molecular flexibility index (Phi) is 7.16. The van der Waals surface area contributed by atoms with Crippen LogP contribution in [0.4, 0.5) is 23.7 Å². The smallest absolute Gasteiger partial charge is 0.413 e. The number of hydrogen-bond acceptors (Lipinski definition) is 7. The summed E-state index contributed by atoms with van der Waals surface area (Å²) in [5, 5.41) is 11.8. The van der Waals surface area contributed by atoms with Gasteiger partial charge in [-0.25, -0.2) is 13.2 Å². The van der Waals surface area contributed by atoms with Crippen LogP contribution < -0.4 is 4.90 Å². The Balaban J connectivity index is 1.31. The molecule has 222 valence electrons. The largest absolute Gasteiger partial charge is 0.470 e. The summed E-state index contributed by atoms with van der Waals surface area (Å²) in [6.45, 7) is 0.266. The van der Waals surface area contributed by atoms with Gasteiger partial charge in [0.15, 0.2) is 9.84 Å². The lowest BCUT2D eigenvalue weighted by Crippen LogP contribution is -2.49. The molecule has 0 aliphatic carbocycles. The van der Waals surface area contributed by atoms with Gasteiger partial charge in [0.2, 0.25) is 5.89 Å². The van der Waals surface area contributed by atoms with Crippen molar-refractivity contribution in [2.75, 3.05) is 29.5 Å². The standard InChI is InChI=1S/C29H25F3N6O4S/c1-36-25-16-22(9-10-23(25)17-33-36)21-3-2-4-24(15-21)38(28(39)37-11-13-43(40,41)14-12-37)18-19-5-7-20(8-6-19)26-34-35-27(42-26)29(30,31)32/h2-10,15-17H,11-14,18H2,1H3. The molecule has 1 saturated heterocycles. The molecule has 0 unspecified atom stereocenters. The molecule has 2 amide bonds. The maximum Gasteiger partial charge on any atom is 0.470 e. The third-order valence-corrected chi connectivity index (χ3v) is 8.90. The zero-order valence-corrected chi connectivity index (χ0v) is 23.6. The van der Waals surface area contributed by atoms with Gasteiger partial charge >= 0.3 is 18.1 Å². The SMILES string of the molecule is Cn1ncc2ccc(-c3cccc(N(Cc4ccc(-c5nnc(C(F)(F)F)o5)cc4)C(=O)N4CCS(=O)(=O)CC4)c3)cc21. The highest BCUT2D eigenvalue weighted by Crippen LogP contribution is 2.32. The van der Waals surface area contributed by atoms with E-state index in [0.29, 0.717) is 16.8 Å². The van der Waals surface area contributed by atoms with Crippen molar-refractivity contribution in [3.8, 4) is 22.6 Å². The van der Waals surface area contributed by atoms with E-state index in [1.807, 2.05) is 43.4 Å². The Morgan fingerprint density at radius 3 is 2.35 bits per heavy atom. The molecule has 0 radical (unpaired) electrons. The third-order valence-electron chi connectivity index (χ3n) is 7.30. The van der Waals surface area contributed by atoms with Crippen molar-refractivity contribution in [2.45, 2.75) is 12.7 Å². The molecular weight excluding hydrogens is 585 g/mol. The second-order valence-electron chi connectivity index (χ2n) is 10.2. The minimum Gasteiger partial charge on any atom is -0.413 e. The van der Waals surface area contributed by atoms with Gasteiger partial charge in [-0.2, -0.15) is 18.3 Å². The van der Waals surface area contributed by atoms with Crippen molar-refractivity contribution in [1.82, 2.24) is 24.9 Å². The Morgan fingerprint density at radius 2 is 1.65 bits per heavy atom. The fourth-order valence-electron chi connectivity index (χ4n) is 4.91. The van der Waals surface area contributed by atoms with Crippen LogP contribution in [0.15, 0.2) is 77.3 Å². The number of rotatable bonds is 5. The van der Waals surface area contributed by atoms with Crippen LogP contribution >= 0.6 is 0 Å². The van der Waals surface area contributed by atoms with Crippen LogP contribution in [0.5, 0.6) is 0 Å². The molecule has 2 aromatic heterocycles. The Morgan fingerprint density at radius 1 is 0.953 bits per heavy atom. The molecule has 0 atom stereocenters. The van der Waals surface area contributed by atoms with Crippen molar-refractivity contribution in [3.05, 3.63) is 84.4 Å². The molecule has 43 heavy (non-hydrogen) atoms. The van der Waals surface area contributed by atoms with Crippen LogP contribution in [-0.2, 0) is 29.6 Å². The van der Waals surface area contributed by atoms with Crippen LogP contribution in [0.3, 0.4) is 0 Å². The fourth-order valence-corrected chi connectivity index (χ4v) is 6.11. The molecule has 0 spiro atoms. The highest BCUT2D eigenvalue weighted by atomic mass is 32.2. The lowest BCUT2D eigenvalue weighted by Gasteiger charge is -2.33. The van der Waals surface area contributed by atoms with Crippen molar-refractivity contribution >= 4 is 32.5 Å². The number of aromatic nitrogens is 4. The zero-order chi connectivity index (χ0) is 30.4. The molecule has 3 heterocycles. The molecule has 3 aromatic carbocycles. The molecule has 10 nitrogen and oxygen atoms in total. The van der Waals surface area contributed by atoms with Gasteiger partial charge in [0.05, 0.1) is 29.8 Å². The number of alkyl halides is 3. The quantitative estimate of drug-likeness (QED) is 0.270. The van der Waals surface area contributed by atoms with E-state index in [4.69, 9.17) is 4.42 Å². The van der Waals surface area contributed by atoms with Crippen LogP contribution in [0.25, 0.3) is 33.5 Å². The number of sulfone groups is 1. The number of nitrogens with zero attached hydrogens (tertiary/aromatic N) is 6. The van der Waals surface area contributed by atoms with E-state index in [-0.39, 0.29) is 43.1 Å². The monoisotopic (exact) mass is 610 g/mol. The van der Waals surface area contributed by atoms with Crippen molar-refractivity contribution in [2.24, 2.45) is 7.05 Å². The molecule has 1 aliphatic rings. The predicted molar refractivity (Wildman–Crippen MR) is 153 cm³/mol. The number of anilines is 1. The first-order valence-electron chi connectivity index (χ1n) is 13.3. The van der Waals surface area contributed by atoms with Gasteiger partial charge in [0, 0.05) is 36.8 Å². The van der Waals surface area contributed by atoms with Gasteiger partial charge in [-0.05, 0) is 47.0 Å². The van der Waals surface area contributed by atoms with Crippen LogP contribution in [0.2, 0.25) is 0 Å². The van der Waals surface area contributed by atoms with Crippen LogP contribution in [0, 0.1) is 0 Å². The maximum atomic E-state index is 13.8. The molecule has 0 N–H and O–H groups in total. The summed E-state index contributed by atoms with van der Waals surface area (Å²) in [6, 6.07) is 19.5. The van der Waals surface area contributed by atoms with E-state index in [9.17, 15) is 26.4 Å². The van der Waals surface area contributed by atoms with E-state index >= 15 is 0 Å². The van der Waals surface area contributed by atoms with Crippen LogP contribution in [0.1, 0.15) is 11.5 Å². The molecular formula is C29H25F3N6O4S. The lowest BCUT2D eigenvalue weighted by atomic mass is 10.0. The molecule has 5 aromatic rings. The molecule has 1 fully saturated rings. The highest BCUT2D eigenvalue weighted by molar-refractivity contribution is 7.91. The molecule has 14 heteroatoms. The van der Waals surface area contributed by atoms with E-state index in [0.717, 1.165) is 22.0 Å². The number of amides is 2. The van der Waals surface area contributed by atoms with Crippen molar-refractivity contribution in [3.63, 3.8) is 0 Å². The van der Waals surface area contributed by atoms with Gasteiger partial charge in [-0.15, -0.1) is 10.2 Å². The van der Waals surface area contributed by atoms with Gasteiger partial charge in [0.25, 0.3) is 0 Å². The van der Waals surface area contributed by atoms with Crippen LogP contribution in [-0.4, -0.2) is 63.9 Å². The maximum absolute atomic E-state index is 13.8. The average molecular weight is 611 g/mol. The molecule has 1 aliphatic heterocycles. The minimum atomic E-state index is -4.75. The third kappa shape index (κ3) is 5.95. The number of hydrogen-bond donors (Lipinski definition) is 0. The second kappa shape index (κ2) is 10.8. The van der Waals surface area contributed by atoms with Gasteiger partial charge in [0.1, 0.15) is 0 Å². The Labute approximate surface area is 244 Å². The minimum absolute atomic E-state index is 0.0755. The first-order valence-corrected chi connectivity index (χ1v) is 15.1. The van der Waals surface area contributed by atoms with Crippen molar-refractivity contribution < 1.29 is 30.8 Å². The summed E-state index contributed by atoms with van der Waals surface area (Å²) in [4.78, 5) is 16.9. The van der Waals surface area contributed by atoms with Crippen molar-refractivity contribution in [1.29, 1.82) is 0 Å². The first-order chi connectivity index (χ1) is 20.5. The van der Waals surface area contributed by atoms with Gasteiger partial charge in [-0.1, -0.05) is 36.4 Å². The van der Waals surface area contributed by atoms with Gasteiger partial charge < -0.3 is 9.32 Å². The first kappa shape index (κ1) is 28.4. The molecule has 0 bridgehead atoms. The van der Waals surface area contributed by atoms with E-state index in [1.165, 1.54) is 4.90 Å². The van der Waals surface area contributed by atoms with E-state index in [2.05, 4.69) is 15.3 Å². The summed E-state index contributed by atoms with van der Waals surface area (Å²) in [7, 11) is -1.34. The lowest BCUT2D eigenvalue weighted by molar-refractivity contribution is -0.156. The summed E-state index contributed by atoms with van der Waals surface area (Å²) >= 11 is 0. The van der Waals surface area contributed by atoms with Gasteiger partial charge in [-0.3, -0.25) is 9.58 Å². The normalized spacial score (nSPS) is 15.1. The fraction of sp³-hybridized carbons (Fsp3) is 0.241. The molecule has 0 saturated carbocycles. The summed E-state index contributed by atoms with van der Waals surface area (Å²) in [5.74, 6) is -1.94. The summed E-state index contributed by atoms with van der Waals surface area (Å²) in [6.07, 6.45) is -2.97. The number of halogens is 3. The second-order valence-corrected chi connectivity index (χ2v) is 12.5. The Hall–Kier alpha value is -4.72. The number of aryl methyl sites for hydroxylation is 1. The summed E-state index contributed by atoms with van der Waals surface area (Å²) < 4.78 is 69.3. The topological polar surface area (TPSA) is 114 Å². The van der Waals surface area contributed by atoms with E-state index in [1.54, 1.807) is 46.1 Å². The zero-order valence-electron chi connectivity index (χ0n) is 22.8. The number of benzene rings is 3. The number of fused-ring (bicyclic) bond motifs is 1. The average Bonchev–Trinajstić information content (AvgIpc) is 3.64. The molecule has 6 rings (SSSR count). The predicted octanol–water partition coefficient (Wildman–Crippen LogP) is 5.17. The highest BCUT2D eigenvalue weighted by Gasteiger charge is 2.38. The van der Waals surface area contributed by atoms with E-state index < -0.39 is 21.9 Å².